The van der Waals surface area contributed by atoms with Crippen LogP contribution in [0.2, 0.25) is 5.02 Å². The molecule has 2 amide bonds. The van der Waals surface area contributed by atoms with Crippen LogP contribution in [0.4, 0.5) is 0 Å². The van der Waals surface area contributed by atoms with Crippen molar-refractivity contribution >= 4 is 46.8 Å². The summed E-state index contributed by atoms with van der Waals surface area (Å²) >= 11 is 11.7. The number of alkyl halides is 1. The Kier molecular flexibility index (Phi) is 8.56. The van der Waals surface area contributed by atoms with Crippen LogP contribution in [-0.4, -0.2) is 47.1 Å². The van der Waals surface area contributed by atoms with Gasteiger partial charge in [0.05, 0.1) is 12.5 Å². The molecule has 0 saturated carbocycles. The van der Waals surface area contributed by atoms with Crippen molar-refractivity contribution in [1.29, 1.82) is 0 Å². The Morgan fingerprint density at radius 1 is 1.06 bits per heavy atom. The molecule has 0 spiro atoms. The predicted octanol–water partition coefficient (Wildman–Crippen LogP) is 4.55. The summed E-state index contributed by atoms with van der Waals surface area (Å²) in [5.74, 6) is -2.67. The van der Waals surface area contributed by atoms with Gasteiger partial charge in [0.25, 0.3) is 5.91 Å². The van der Waals surface area contributed by atoms with Crippen LogP contribution in [0, 0.1) is 5.92 Å². The van der Waals surface area contributed by atoms with Gasteiger partial charge in [-0.15, -0.1) is 11.6 Å². The number of nitrogens with zero attached hydrogens (tertiary/aromatic N) is 1. The maximum Gasteiger partial charge on any atom is 0.312 e. The Morgan fingerprint density at radius 3 is 2.23 bits per heavy atom. The van der Waals surface area contributed by atoms with E-state index in [-0.39, 0.29) is 30.7 Å². The first-order valence-electron chi connectivity index (χ1n) is 11.3. The lowest BCUT2D eigenvalue weighted by atomic mass is 9.87. The molecule has 1 N–H and O–H groups in total. The average Bonchev–Trinajstić information content (AvgIpc) is 3.18. The maximum absolute atomic E-state index is 12.8. The van der Waals surface area contributed by atoms with Gasteiger partial charge in [0.15, 0.2) is 6.10 Å². The first-order chi connectivity index (χ1) is 16.5. The number of halogens is 2. The molecule has 1 aliphatic heterocycles. The zero-order valence-electron chi connectivity index (χ0n) is 19.8. The highest BCUT2D eigenvalue weighted by Crippen LogP contribution is 2.23. The predicted molar refractivity (Wildman–Crippen MR) is 133 cm³/mol. The van der Waals surface area contributed by atoms with E-state index >= 15 is 0 Å². The molecular weight excluding hydrogens is 491 g/mol. The van der Waals surface area contributed by atoms with E-state index in [4.69, 9.17) is 27.9 Å². The van der Waals surface area contributed by atoms with Gasteiger partial charge in [0.2, 0.25) is 11.7 Å². The van der Waals surface area contributed by atoms with Crippen LogP contribution in [0.25, 0.3) is 0 Å². The smallest absolute Gasteiger partial charge is 0.312 e. The standard InChI is InChI=1S/C26H28Cl2N2O5/c1-26(2,3)19-8-4-17(5-9-19)24(33)29-30-15-18(14-22(30)31)25(34)35-21(12-13-27)23(32)16-6-10-20(28)11-7-16/h4-11,18,21H,12-15H2,1-3H3,(H,29,33)/t18-,21+/m0/s1. The van der Waals surface area contributed by atoms with Crippen LogP contribution in [0.1, 0.15) is 59.9 Å². The number of ketones is 1. The molecule has 2 aromatic carbocycles. The molecular formula is C26H28Cl2N2O5. The van der Waals surface area contributed by atoms with Gasteiger partial charge in [0.1, 0.15) is 0 Å². The summed E-state index contributed by atoms with van der Waals surface area (Å²) in [4.78, 5) is 50.6. The minimum absolute atomic E-state index is 0.0494. The fourth-order valence-electron chi connectivity index (χ4n) is 3.66. The number of Topliss-reactive ketones (excluding diaryl/α,β-unsaturated/α-hetero) is 1. The molecule has 1 aliphatic rings. The highest BCUT2D eigenvalue weighted by atomic mass is 35.5. The monoisotopic (exact) mass is 518 g/mol. The number of carbonyl (C=O) groups is 4. The second kappa shape index (κ2) is 11.2. The highest BCUT2D eigenvalue weighted by Gasteiger charge is 2.38. The molecule has 3 rings (SSSR count). The molecule has 0 aliphatic carbocycles. The van der Waals surface area contributed by atoms with Gasteiger partial charge in [0, 0.05) is 34.9 Å². The lowest BCUT2D eigenvalue weighted by Crippen LogP contribution is -2.43. The zero-order chi connectivity index (χ0) is 25.8. The molecule has 0 bridgehead atoms. The van der Waals surface area contributed by atoms with Crippen molar-refractivity contribution in [3.05, 3.63) is 70.2 Å². The van der Waals surface area contributed by atoms with E-state index in [0.717, 1.165) is 10.6 Å². The van der Waals surface area contributed by atoms with Crippen molar-refractivity contribution < 1.29 is 23.9 Å². The van der Waals surface area contributed by atoms with Crippen LogP contribution >= 0.6 is 23.2 Å². The number of esters is 1. The number of benzene rings is 2. The van der Waals surface area contributed by atoms with E-state index < -0.39 is 35.6 Å². The molecule has 2 atom stereocenters. The van der Waals surface area contributed by atoms with E-state index in [1.165, 1.54) is 0 Å². The van der Waals surface area contributed by atoms with Crippen LogP contribution < -0.4 is 5.43 Å². The van der Waals surface area contributed by atoms with Crippen molar-refractivity contribution in [2.45, 2.75) is 45.1 Å². The normalized spacial score (nSPS) is 16.7. The third-order valence-corrected chi connectivity index (χ3v) is 6.23. The fraction of sp³-hybridized carbons (Fsp3) is 0.385. The number of hydrogen-bond acceptors (Lipinski definition) is 5. The quantitative estimate of drug-likeness (QED) is 0.314. The minimum atomic E-state index is -1.08. The third-order valence-electron chi connectivity index (χ3n) is 5.76. The summed E-state index contributed by atoms with van der Waals surface area (Å²) in [5, 5.41) is 1.59. The lowest BCUT2D eigenvalue weighted by Gasteiger charge is -2.21. The SMILES string of the molecule is CC(C)(C)c1ccc(C(=O)NN2C[C@@H](C(=O)O[C@H](CCCl)C(=O)c3ccc(Cl)cc3)CC2=O)cc1. The molecule has 9 heteroatoms. The zero-order valence-corrected chi connectivity index (χ0v) is 21.4. The molecule has 1 heterocycles. The Labute approximate surface area is 214 Å². The minimum Gasteiger partial charge on any atom is -0.454 e. The molecule has 0 radical (unpaired) electrons. The van der Waals surface area contributed by atoms with E-state index in [2.05, 4.69) is 26.2 Å². The number of rotatable bonds is 8. The van der Waals surface area contributed by atoms with Gasteiger partial charge >= 0.3 is 5.97 Å². The molecule has 0 unspecified atom stereocenters. The molecule has 186 valence electrons. The van der Waals surface area contributed by atoms with Crippen molar-refractivity contribution in [2.24, 2.45) is 5.92 Å². The summed E-state index contributed by atoms with van der Waals surface area (Å²) in [6.45, 7) is 6.17. The molecule has 1 fully saturated rings. The summed E-state index contributed by atoms with van der Waals surface area (Å²) in [6, 6.07) is 13.4. The molecule has 2 aromatic rings. The van der Waals surface area contributed by atoms with Gasteiger partial charge in [-0.25, -0.2) is 0 Å². The second-order valence-electron chi connectivity index (χ2n) is 9.45. The van der Waals surface area contributed by atoms with E-state index in [1.54, 1.807) is 36.4 Å². The van der Waals surface area contributed by atoms with Crippen molar-refractivity contribution in [1.82, 2.24) is 10.4 Å². The number of carbonyl (C=O) groups excluding carboxylic acids is 4. The summed E-state index contributed by atoms with van der Waals surface area (Å²) in [7, 11) is 0. The van der Waals surface area contributed by atoms with Gasteiger partial charge in [-0.2, -0.15) is 0 Å². The fourth-order valence-corrected chi connectivity index (χ4v) is 3.99. The van der Waals surface area contributed by atoms with Crippen LogP contribution in [0.3, 0.4) is 0 Å². The number of amides is 2. The molecule has 0 aromatic heterocycles. The van der Waals surface area contributed by atoms with E-state index in [1.807, 2.05) is 12.1 Å². The Morgan fingerprint density at radius 2 is 1.66 bits per heavy atom. The number of nitrogens with one attached hydrogen (secondary N) is 1. The third kappa shape index (κ3) is 6.83. The Balaban J connectivity index is 1.61. The molecule has 1 saturated heterocycles. The van der Waals surface area contributed by atoms with Crippen LogP contribution in [0.15, 0.2) is 48.5 Å². The van der Waals surface area contributed by atoms with Crippen molar-refractivity contribution in [3.8, 4) is 0 Å². The van der Waals surface area contributed by atoms with Gasteiger partial charge < -0.3 is 4.74 Å². The summed E-state index contributed by atoms with van der Waals surface area (Å²) in [6.07, 6.45) is -1.09. The average molecular weight is 519 g/mol. The Bertz CT molecular complexity index is 1090. The van der Waals surface area contributed by atoms with Crippen molar-refractivity contribution in [3.63, 3.8) is 0 Å². The second-order valence-corrected chi connectivity index (χ2v) is 10.3. The number of ether oxygens (including phenoxy) is 1. The van der Waals surface area contributed by atoms with Gasteiger partial charge in [-0.3, -0.25) is 29.6 Å². The highest BCUT2D eigenvalue weighted by molar-refractivity contribution is 6.30. The van der Waals surface area contributed by atoms with Gasteiger partial charge in [-0.1, -0.05) is 44.5 Å². The summed E-state index contributed by atoms with van der Waals surface area (Å²) < 4.78 is 5.46. The first kappa shape index (κ1) is 26.7. The molecule has 35 heavy (non-hydrogen) atoms. The maximum atomic E-state index is 12.8. The van der Waals surface area contributed by atoms with Crippen LogP contribution in [0.5, 0.6) is 0 Å². The van der Waals surface area contributed by atoms with Crippen molar-refractivity contribution in [2.75, 3.05) is 12.4 Å². The number of hydrogen-bond donors (Lipinski definition) is 1. The van der Waals surface area contributed by atoms with Crippen LogP contribution in [-0.2, 0) is 19.7 Å². The largest absolute Gasteiger partial charge is 0.454 e. The first-order valence-corrected chi connectivity index (χ1v) is 12.2. The van der Waals surface area contributed by atoms with E-state index in [9.17, 15) is 19.2 Å². The number of hydrazine groups is 1. The van der Waals surface area contributed by atoms with E-state index in [0.29, 0.717) is 16.1 Å². The summed E-state index contributed by atoms with van der Waals surface area (Å²) in [5.41, 5.74) is 4.32. The lowest BCUT2D eigenvalue weighted by molar-refractivity contribution is -0.151. The molecule has 7 nitrogen and oxygen atoms in total. The topological polar surface area (TPSA) is 92.8 Å². The van der Waals surface area contributed by atoms with Gasteiger partial charge in [-0.05, 0) is 47.4 Å². The Hall–Kier alpha value is -2.90.